The number of nitrogens with zero attached hydrogens (tertiary/aromatic N) is 3. The van der Waals surface area contributed by atoms with E-state index < -0.39 is 0 Å². The molecule has 3 nitrogen and oxygen atoms in total. The molecule has 15 heavy (non-hydrogen) atoms. The second-order valence-corrected chi connectivity index (χ2v) is 3.66. The maximum atomic E-state index is 8.39. The number of rotatable bonds is 7. The Hall–Kier alpha value is -1.13. The lowest BCUT2D eigenvalue weighted by molar-refractivity contribution is 0.585. The number of hydrogen-bond donors (Lipinski definition) is 0. The van der Waals surface area contributed by atoms with Crippen LogP contribution in [0.2, 0.25) is 0 Å². The lowest BCUT2D eigenvalue weighted by atomic mass is 10.1. The quantitative estimate of drug-likeness (QED) is 0.195. The molecule has 0 spiro atoms. The van der Waals surface area contributed by atoms with E-state index in [1.165, 1.54) is 6.42 Å². The van der Waals surface area contributed by atoms with Crippen molar-refractivity contribution in [2.45, 2.75) is 64.8 Å². The molecule has 1 atom stereocenters. The third-order valence-corrected chi connectivity index (χ3v) is 2.22. The van der Waals surface area contributed by atoms with Gasteiger partial charge in [-0.15, -0.1) is 11.8 Å². The Labute approximate surface area is 92.9 Å². The van der Waals surface area contributed by atoms with Crippen LogP contribution in [-0.4, -0.2) is 6.04 Å². The molecule has 0 amide bonds. The molecular weight excluding hydrogens is 186 g/mol. The molecule has 1 unspecified atom stereocenters. The maximum Gasteiger partial charge on any atom is 0.0483 e. The van der Waals surface area contributed by atoms with E-state index in [4.69, 9.17) is 5.53 Å². The number of azide groups is 1. The molecule has 0 rings (SSSR count). The Morgan fingerprint density at radius 1 is 1.20 bits per heavy atom. The van der Waals surface area contributed by atoms with Crippen molar-refractivity contribution in [3.05, 3.63) is 10.4 Å². The Balaban J connectivity index is 3.81. The Kier molecular flexibility index (Phi) is 10.1. The molecule has 0 heterocycles. The largest absolute Gasteiger partial charge is 0.103 e. The summed E-state index contributed by atoms with van der Waals surface area (Å²) >= 11 is 0. The van der Waals surface area contributed by atoms with Crippen LogP contribution in [-0.2, 0) is 0 Å². The normalized spacial score (nSPS) is 11.1. The predicted molar refractivity (Wildman–Crippen MR) is 64.4 cm³/mol. The first-order chi connectivity index (χ1) is 7.35. The second-order valence-electron chi connectivity index (χ2n) is 3.66. The molecule has 3 heteroatoms. The molecule has 0 aromatic carbocycles. The van der Waals surface area contributed by atoms with Crippen LogP contribution >= 0.6 is 0 Å². The summed E-state index contributed by atoms with van der Waals surface area (Å²) in [6.07, 6.45) is 7.24. The van der Waals surface area contributed by atoms with Crippen molar-refractivity contribution >= 4 is 0 Å². The van der Waals surface area contributed by atoms with Crippen LogP contribution in [0.3, 0.4) is 0 Å². The zero-order valence-corrected chi connectivity index (χ0v) is 9.87. The zero-order chi connectivity index (χ0) is 11.4. The molecule has 0 aliphatic heterocycles. The average molecular weight is 207 g/mol. The predicted octanol–water partition coefficient (Wildman–Crippen LogP) is 4.44. The Bertz CT molecular complexity index is 243. The summed E-state index contributed by atoms with van der Waals surface area (Å²) in [6, 6.07) is 0.0732. The minimum absolute atomic E-state index is 0.0732. The third-order valence-electron chi connectivity index (χ3n) is 2.22. The van der Waals surface area contributed by atoms with Crippen molar-refractivity contribution < 1.29 is 0 Å². The van der Waals surface area contributed by atoms with Gasteiger partial charge in [-0.3, -0.25) is 0 Å². The average Bonchev–Trinajstić information content (AvgIpc) is 2.25. The zero-order valence-electron chi connectivity index (χ0n) is 9.87. The minimum Gasteiger partial charge on any atom is -0.103 e. The van der Waals surface area contributed by atoms with Gasteiger partial charge in [0.25, 0.3) is 0 Å². The Morgan fingerprint density at radius 2 is 1.93 bits per heavy atom. The highest BCUT2D eigenvalue weighted by Crippen LogP contribution is 2.08. The van der Waals surface area contributed by atoms with Crippen LogP contribution < -0.4 is 0 Å². The van der Waals surface area contributed by atoms with E-state index in [0.717, 1.165) is 32.1 Å². The first-order valence-electron chi connectivity index (χ1n) is 5.85. The smallest absolute Gasteiger partial charge is 0.0483 e. The highest BCUT2D eigenvalue weighted by molar-refractivity contribution is 5.01. The molecule has 0 aliphatic carbocycles. The van der Waals surface area contributed by atoms with E-state index in [1.807, 2.05) is 0 Å². The summed E-state index contributed by atoms with van der Waals surface area (Å²) in [4.78, 5) is 2.86. The molecule has 0 aromatic heterocycles. The summed E-state index contributed by atoms with van der Waals surface area (Å²) in [6.45, 7) is 4.30. The van der Waals surface area contributed by atoms with E-state index in [-0.39, 0.29) is 6.04 Å². The summed E-state index contributed by atoms with van der Waals surface area (Å²) in [5.41, 5.74) is 8.39. The van der Waals surface area contributed by atoms with Gasteiger partial charge in [0, 0.05) is 23.8 Å². The fourth-order valence-electron chi connectivity index (χ4n) is 1.26. The molecule has 84 valence electrons. The van der Waals surface area contributed by atoms with Gasteiger partial charge in [-0.1, -0.05) is 38.2 Å². The topological polar surface area (TPSA) is 48.8 Å². The molecule has 0 saturated heterocycles. The van der Waals surface area contributed by atoms with Crippen LogP contribution in [0.5, 0.6) is 0 Å². The molecule has 0 radical (unpaired) electrons. The van der Waals surface area contributed by atoms with E-state index in [0.29, 0.717) is 6.42 Å². The van der Waals surface area contributed by atoms with Crippen molar-refractivity contribution in [1.82, 2.24) is 0 Å². The summed E-state index contributed by atoms with van der Waals surface area (Å²) < 4.78 is 0. The second kappa shape index (κ2) is 10.9. The van der Waals surface area contributed by atoms with Crippen LogP contribution in [0.15, 0.2) is 5.11 Å². The molecule has 0 aromatic rings. The first kappa shape index (κ1) is 13.9. The molecule has 0 bridgehead atoms. The third kappa shape index (κ3) is 9.18. The van der Waals surface area contributed by atoms with Crippen molar-refractivity contribution in [2.24, 2.45) is 5.11 Å². The number of unbranched alkanes of at least 4 members (excludes halogenated alkanes) is 3. The van der Waals surface area contributed by atoms with Gasteiger partial charge in [-0.2, -0.15) is 0 Å². The monoisotopic (exact) mass is 207 g/mol. The standard InChI is InChI=1S/C12H21N3/c1-3-5-7-8-9-11-12(14-15-13)10-6-4-2/h12H,3-7,10-11H2,1-2H3. The fraction of sp³-hybridized carbons (Fsp3) is 0.833. The molecule has 0 saturated carbocycles. The van der Waals surface area contributed by atoms with Gasteiger partial charge in [0.2, 0.25) is 0 Å². The van der Waals surface area contributed by atoms with Gasteiger partial charge in [0.05, 0.1) is 0 Å². The van der Waals surface area contributed by atoms with E-state index >= 15 is 0 Å². The van der Waals surface area contributed by atoms with Gasteiger partial charge < -0.3 is 0 Å². The van der Waals surface area contributed by atoms with Crippen molar-refractivity contribution in [2.75, 3.05) is 0 Å². The van der Waals surface area contributed by atoms with E-state index in [2.05, 4.69) is 35.7 Å². The van der Waals surface area contributed by atoms with Gasteiger partial charge in [-0.05, 0) is 18.4 Å². The summed E-state index contributed by atoms with van der Waals surface area (Å²) in [7, 11) is 0. The van der Waals surface area contributed by atoms with Crippen molar-refractivity contribution in [3.8, 4) is 11.8 Å². The van der Waals surface area contributed by atoms with Gasteiger partial charge >= 0.3 is 0 Å². The van der Waals surface area contributed by atoms with Gasteiger partial charge in [-0.25, -0.2) is 0 Å². The lowest BCUT2D eigenvalue weighted by Crippen LogP contribution is -2.01. The fourth-order valence-corrected chi connectivity index (χ4v) is 1.26. The summed E-state index contributed by atoms with van der Waals surface area (Å²) in [5.74, 6) is 6.22. The SMILES string of the molecule is CCCCC#CCC(CCCC)N=[N+]=[N-]. The van der Waals surface area contributed by atoms with Crippen LogP contribution in [0.1, 0.15) is 58.8 Å². The van der Waals surface area contributed by atoms with Crippen LogP contribution in [0, 0.1) is 11.8 Å². The minimum atomic E-state index is 0.0732. The van der Waals surface area contributed by atoms with Crippen LogP contribution in [0.4, 0.5) is 0 Å². The molecule has 0 fully saturated rings. The lowest BCUT2D eigenvalue weighted by Gasteiger charge is -2.04. The van der Waals surface area contributed by atoms with E-state index in [1.54, 1.807) is 0 Å². The molecule has 0 aliphatic rings. The maximum absolute atomic E-state index is 8.39. The molecule has 0 N–H and O–H groups in total. The highest BCUT2D eigenvalue weighted by atomic mass is 15.1. The van der Waals surface area contributed by atoms with Crippen molar-refractivity contribution in [3.63, 3.8) is 0 Å². The van der Waals surface area contributed by atoms with E-state index in [9.17, 15) is 0 Å². The first-order valence-corrected chi connectivity index (χ1v) is 5.85. The van der Waals surface area contributed by atoms with Gasteiger partial charge in [0.1, 0.15) is 0 Å². The van der Waals surface area contributed by atoms with Gasteiger partial charge in [0.15, 0.2) is 0 Å². The number of hydrogen-bond acceptors (Lipinski definition) is 1. The highest BCUT2D eigenvalue weighted by Gasteiger charge is 2.02. The Morgan fingerprint density at radius 3 is 2.53 bits per heavy atom. The van der Waals surface area contributed by atoms with Crippen molar-refractivity contribution in [1.29, 1.82) is 0 Å². The summed E-state index contributed by atoms with van der Waals surface area (Å²) in [5, 5.41) is 3.76. The van der Waals surface area contributed by atoms with Crippen LogP contribution in [0.25, 0.3) is 10.4 Å². The molecular formula is C12H21N3.